The number of ether oxygens (including phenoxy) is 2. The number of fused-ring (bicyclic) bond motifs is 4. The fourth-order valence-electron chi connectivity index (χ4n) is 8.88. The van der Waals surface area contributed by atoms with E-state index < -0.39 is 0 Å². The maximum atomic E-state index is 10.2. The molecule has 4 saturated carbocycles. The van der Waals surface area contributed by atoms with Gasteiger partial charge in [-0.25, -0.2) is 0 Å². The van der Waals surface area contributed by atoms with Gasteiger partial charge < -0.3 is 14.6 Å². The van der Waals surface area contributed by atoms with Crippen LogP contribution in [0, 0.1) is 34.0 Å². The number of hydrogen-bond acceptors (Lipinski definition) is 3. The summed E-state index contributed by atoms with van der Waals surface area (Å²) < 4.78 is 12.6. The van der Waals surface area contributed by atoms with E-state index in [1.807, 2.05) is 0 Å². The van der Waals surface area contributed by atoms with Crippen LogP contribution in [-0.4, -0.2) is 30.2 Å². The summed E-state index contributed by atoms with van der Waals surface area (Å²) in [5.74, 6) is 2.27. The largest absolute Gasteiger partial charge is 0.393 e. The average Bonchev–Trinajstić information content (AvgIpc) is 2.92. The molecule has 3 heteroatoms. The molecule has 0 radical (unpaired) electrons. The number of rotatable bonds is 0. The second-order valence-electron chi connectivity index (χ2n) is 10.8. The molecule has 1 heterocycles. The summed E-state index contributed by atoms with van der Waals surface area (Å²) in [5.41, 5.74) is 2.63. The average molecular weight is 359 g/mol. The summed E-state index contributed by atoms with van der Waals surface area (Å²) in [6, 6.07) is 0. The van der Waals surface area contributed by atoms with Crippen molar-refractivity contribution >= 4 is 0 Å². The molecule has 1 saturated heterocycles. The van der Waals surface area contributed by atoms with Crippen molar-refractivity contribution in [3.05, 3.63) is 11.6 Å². The third-order valence-corrected chi connectivity index (χ3v) is 10.4. The molecule has 7 atom stereocenters. The minimum Gasteiger partial charge on any atom is -0.393 e. The van der Waals surface area contributed by atoms with Gasteiger partial charge in [-0.3, -0.25) is 0 Å². The highest BCUT2D eigenvalue weighted by Crippen LogP contribution is 2.82. The van der Waals surface area contributed by atoms with Gasteiger partial charge in [0.1, 0.15) is 0 Å². The Labute approximate surface area is 157 Å². The predicted molar refractivity (Wildman–Crippen MR) is 99.4 cm³/mol. The van der Waals surface area contributed by atoms with Crippen molar-refractivity contribution in [1.29, 1.82) is 0 Å². The Kier molecular flexibility index (Phi) is 3.16. The van der Waals surface area contributed by atoms with Gasteiger partial charge in [-0.1, -0.05) is 25.5 Å². The lowest BCUT2D eigenvalue weighted by Crippen LogP contribution is -2.47. The highest BCUT2D eigenvalue weighted by atomic mass is 16.7. The van der Waals surface area contributed by atoms with E-state index in [4.69, 9.17) is 9.47 Å². The summed E-state index contributed by atoms with van der Waals surface area (Å²) in [4.78, 5) is 0. The summed E-state index contributed by atoms with van der Waals surface area (Å²) >= 11 is 0. The first-order valence-electron chi connectivity index (χ1n) is 11.1. The monoisotopic (exact) mass is 358 g/mol. The van der Waals surface area contributed by atoms with Gasteiger partial charge in [0.15, 0.2) is 5.79 Å². The van der Waals surface area contributed by atoms with Gasteiger partial charge in [-0.05, 0) is 80.0 Å². The molecule has 144 valence electrons. The third kappa shape index (κ3) is 1.69. The molecule has 3 unspecified atom stereocenters. The standard InChI is InChI=1S/C23H34O3/c1-20-7-6-17(24)13-15(20)3-4-18-19-14-16-5-8-23(25-11-12-26-23)21(16,2)9-10-22(18,19)20/h3,16-19,24H,4-14H2,1-2H3/t16-,17?,18?,19?,20-,21-,22-/m0/s1. The van der Waals surface area contributed by atoms with Gasteiger partial charge in [0.25, 0.3) is 0 Å². The molecule has 0 bridgehead atoms. The first-order valence-corrected chi connectivity index (χ1v) is 11.1. The molecular weight excluding hydrogens is 324 g/mol. The molecule has 5 aliphatic carbocycles. The van der Waals surface area contributed by atoms with Crippen LogP contribution >= 0.6 is 0 Å². The Morgan fingerprint density at radius 3 is 2.62 bits per heavy atom. The second-order valence-corrected chi connectivity index (χ2v) is 10.8. The lowest BCUT2D eigenvalue weighted by atomic mass is 9.56. The van der Waals surface area contributed by atoms with Crippen molar-refractivity contribution in [3.63, 3.8) is 0 Å². The van der Waals surface area contributed by atoms with Crippen LogP contribution in [0.4, 0.5) is 0 Å². The second kappa shape index (κ2) is 4.96. The fraction of sp³-hybridized carbons (Fsp3) is 0.913. The van der Waals surface area contributed by atoms with Crippen molar-refractivity contribution < 1.29 is 14.6 Å². The summed E-state index contributed by atoms with van der Waals surface area (Å²) in [6.45, 7) is 6.60. The van der Waals surface area contributed by atoms with Crippen molar-refractivity contribution in [3.8, 4) is 0 Å². The van der Waals surface area contributed by atoms with Crippen LogP contribution in [0.15, 0.2) is 11.6 Å². The SMILES string of the molecule is C[C@]12CC[C@@]34C(CC=C5CC(O)CC[C@@]53C)C4C[C@@H]1CCC21OCCO1. The van der Waals surface area contributed by atoms with Crippen molar-refractivity contribution in [1.82, 2.24) is 0 Å². The van der Waals surface area contributed by atoms with Gasteiger partial charge in [-0.15, -0.1) is 0 Å². The Morgan fingerprint density at radius 2 is 1.81 bits per heavy atom. The number of hydrogen-bond donors (Lipinski definition) is 1. The highest BCUT2D eigenvalue weighted by Gasteiger charge is 2.76. The fourth-order valence-corrected chi connectivity index (χ4v) is 8.88. The van der Waals surface area contributed by atoms with Crippen LogP contribution < -0.4 is 0 Å². The number of aliphatic hydroxyl groups is 1. The van der Waals surface area contributed by atoms with E-state index in [1.165, 1.54) is 38.5 Å². The molecule has 26 heavy (non-hydrogen) atoms. The van der Waals surface area contributed by atoms with Gasteiger partial charge >= 0.3 is 0 Å². The molecule has 0 aromatic rings. The number of aliphatic hydroxyl groups excluding tert-OH is 1. The maximum Gasteiger partial charge on any atom is 0.174 e. The van der Waals surface area contributed by atoms with Crippen molar-refractivity contribution in [2.75, 3.05) is 13.2 Å². The predicted octanol–water partition coefficient (Wildman–Crippen LogP) is 4.44. The lowest BCUT2D eigenvalue weighted by molar-refractivity contribution is -0.227. The van der Waals surface area contributed by atoms with E-state index in [2.05, 4.69) is 19.9 Å². The lowest BCUT2D eigenvalue weighted by Gasteiger charge is -2.49. The van der Waals surface area contributed by atoms with E-state index in [1.54, 1.807) is 5.57 Å². The summed E-state index contributed by atoms with van der Waals surface area (Å²) in [7, 11) is 0. The zero-order valence-corrected chi connectivity index (χ0v) is 16.4. The molecule has 1 aliphatic heterocycles. The molecule has 0 aromatic carbocycles. The highest BCUT2D eigenvalue weighted by molar-refractivity contribution is 5.36. The van der Waals surface area contributed by atoms with Crippen LogP contribution in [0.5, 0.6) is 0 Å². The molecule has 0 aromatic heterocycles. The van der Waals surface area contributed by atoms with Gasteiger partial charge in [0.05, 0.1) is 19.3 Å². The zero-order valence-electron chi connectivity index (χ0n) is 16.4. The molecule has 3 nitrogen and oxygen atoms in total. The third-order valence-electron chi connectivity index (χ3n) is 10.4. The summed E-state index contributed by atoms with van der Waals surface area (Å²) in [6.07, 6.45) is 13.2. The molecule has 2 spiro atoms. The van der Waals surface area contributed by atoms with E-state index in [9.17, 15) is 5.11 Å². The molecular formula is C23H34O3. The smallest absolute Gasteiger partial charge is 0.174 e. The Hall–Kier alpha value is -0.380. The minimum atomic E-state index is -0.280. The Morgan fingerprint density at radius 1 is 1.00 bits per heavy atom. The Balaban J connectivity index is 1.36. The van der Waals surface area contributed by atoms with Crippen LogP contribution in [0.3, 0.4) is 0 Å². The van der Waals surface area contributed by atoms with Crippen molar-refractivity contribution in [2.24, 2.45) is 34.0 Å². The quantitative estimate of drug-likeness (QED) is 0.651. The maximum absolute atomic E-state index is 10.2. The van der Waals surface area contributed by atoms with Crippen molar-refractivity contribution in [2.45, 2.75) is 83.5 Å². The van der Waals surface area contributed by atoms with Crippen LogP contribution in [0.25, 0.3) is 0 Å². The van der Waals surface area contributed by atoms with E-state index in [0.29, 0.717) is 10.8 Å². The Bertz CT molecular complexity index is 664. The first kappa shape index (κ1) is 16.6. The topological polar surface area (TPSA) is 38.7 Å². The molecule has 6 aliphatic rings. The molecule has 1 N–H and O–H groups in total. The van der Waals surface area contributed by atoms with Crippen LogP contribution in [0.2, 0.25) is 0 Å². The van der Waals surface area contributed by atoms with Gasteiger partial charge in [-0.2, -0.15) is 0 Å². The van der Waals surface area contributed by atoms with E-state index in [0.717, 1.165) is 50.2 Å². The minimum absolute atomic E-state index is 0.106. The zero-order chi connectivity index (χ0) is 17.8. The van der Waals surface area contributed by atoms with E-state index >= 15 is 0 Å². The molecule has 0 amide bonds. The van der Waals surface area contributed by atoms with Gasteiger partial charge in [0, 0.05) is 11.8 Å². The first-order chi connectivity index (χ1) is 12.5. The van der Waals surface area contributed by atoms with E-state index in [-0.39, 0.29) is 17.3 Å². The summed E-state index contributed by atoms with van der Waals surface area (Å²) in [5, 5.41) is 10.2. The number of allylic oxidation sites excluding steroid dienone is 1. The molecule has 5 fully saturated rings. The van der Waals surface area contributed by atoms with Crippen LogP contribution in [0.1, 0.15) is 71.6 Å². The van der Waals surface area contributed by atoms with Crippen LogP contribution in [-0.2, 0) is 9.47 Å². The van der Waals surface area contributed by atoms with Gasteiger partial charge in [0.2, 0.25) is 0 Å². The normalized spacial score (nSPS) is 56.8. The molecule has 6 rings (SSSR count).